The number of carbonyl (C=O) groups is 1. The topological polar surface area (TPSA) is 81.8 Å². The molecule has 3 N–H and O–H groups in total. The van der Waals surface area contributed by atoms with Gasteiger partial charge >= 0.3 is 5.97 Å². The Morgan fingerprint density at radius 2 is 1.70 bits per heavy atom. The first kappa shape index (κ1) is 23.7. The van der Waals surface area contributed by atoms with Crippen molar-refractivity contribution >= 4 is 5.97 Å². The summed E-state index contributed by atoms with van der Waals surface area (Å²) in [6, 6.07) is 9.69. The standard InChI is InChI=1S/C25H35NO4/c1-15(2)21-11-19(7-8-23(21)27)12-22-17(5)9-20(10-18(22)6)29-14-25(28)30-24(13-26)16(3)4/h7-11,15-16,24,27H,12-14,26H2,1-6H3. The molecule has 1 atom stereocenters. The number of rotatable bonds is 9. The molecule has 0 aliphatic carbocycles. The molecule has 0 bridgehead atoms. The quantitative estimate of drug-likeness (QED) is 0.586. The summed E-state index contributed by atoms with van der Waals surface area (Å²) in [5, 5.41) is 10.1. The number of hydrogen-bond donors (Lipinski definition) is 2. The van der Waals surface area contributed by atoms with E-state index in [9.17, 15) is 9.90 Å². The molecule has 0 spiro atoms. The second-order valence-electron chi connectivity index (χ2n) is 8.56. The van der Waals surface area contributed by atoms with Gasteiger partial charge in [0, 0.05) is 6.54 Å². The van der Waals surface area contributed by atoms with Gasteiger partial charge in [0.2, 0.25) is 0 Å². The summed E-state index contributed by atoms with van der Waals surface area (Å²) in [7, 11) is 0. The number of aromatic hydroxyl groups is 1. The Bertz CT molecular complexity index is 850. The molecule has 0 fully saturated rings. The summed E-state index contributed by atoms with van der Waals surface area (Å²) in [5.41, 5.74) is 11.2. The molecule has 0 aliphatic heterocycles. The molecule has 1 unspecified atom stereocenters. The monoisotopic (exact) mass is 413 g/mol. The first-order valence-corrected chi connectivity index (χ1v) is 10.6. The summed E-state index contributed by atoms with van der Waals surface area (Å²) in [5.74, 6) is 1.00. The van der Waals surface area contributed by atoms with Gasteiger partial charge in [-0.2, -0.15) is 0 Å². The van der Waals surface area contributed by atoms with Crippen LogP contribution in [0.2, 0.25) is 0 Å². The molecule has 2 rings (SSSR count). The molecule has 164 valence electrons. The van der Waals surface area contributed by atoms with Crippen LogP contribution in [-0.4, -0.2) is 30.3 Å². The molecule has 2 aromatic rings. The van der Waals surface area contributed by atoms with Crippen LogP contribution < -0.4 is 10.5 Å². The Balaban J connectivity index is 2.09. The maximum atomic E-state index is 12.1. The highest BCUT2D eigenvalue weighted by molar-refractivity contribution is 5.71. The Hall–Kier alpha value is -2.53. The maximum absolute atomic E-state index is 12.1. The van der Waals surface area contributed by atoms with Crippen LogP contribution in [0, 0.1) is 19.8 Å². The molecule has 0 aliphatic rings. The fourth-order valence-electron chi connectivity index (χ4n) is 3.50. The number of phenols is 1. The van der Waals surface area contributed by atoms with Crippen molar-refractivity contribution in [2.45, 2.75) is 60.0 Å². The minimum atomic E-state index is -0.413. The zero-order valence-electron chi connectivity index (χ0n) is 19.0. The summed E-state index contributed by atoms with van der Waals surface area (Å²) in [6.07, 6.45) is 0.472. The second kappa shape index (κ2) is 10.5. The molecule has 5 nitrogen and oxygen atoms in total. The number of esters is 1. The molecule has 2 aromatic carbocycles. The SMILES string of the molecule is Cc1cc(OCC(=O)OC(CN)C(C)C)cc(C)c1Cc1ccc(O)c(C(C)C)c1. The van der Waals surface area contributed by atoms with Gasteiger partial charge in [-0.05, 0) is 78.1 Å². The van der Waals surface area contributed by atoms with E-state index in [1.165, 1.54) is 5.56 Å². The van der Waals surface area contributed by atoms with Gasteiger partial charge in [0.15, 0.2) is 6.61 Å². The predicted molar refractivity (Wildman–Crippen MR) is 120 cm³/mol. The predicted octanol–water partition coefficient (Wildman–Crippen LogP) is 4.63. The normalized spacial score (nSPS) is 12.3. The minimum absolute atomic E-state index is 0.142. The third-order valence-corrected chi connectivity index (χ3v) is 5.38. The molecule has 0 saturated heterocycles. The van der Waals surface area contributed by atoms with E-state index in [-0.39, 0.29) is 24.5 Å². The summed E-state index contributed by atoms with van der Waals surface area (Å²) in [6.45, 7) is 12.3. The van der Waals surface area contributed by atoms with Gasteiger partial charge in [-0.1, -0.05) is 39.8 Å². The fourth-order valence-corrected chi connectivity index (χ4v) is 3.50. The number of nitrogens with two attached hydrogens (primary N) is 1. The smallest absolute Gasteiger partial charge is 0.344 e. The average molecular weight is 414 g/mol. The van der Waals surface area contributed by atoms with E-state index in [4.69, 9.17) is 15.2 Å². The number of aryl methyl sites for hydroxylation is 2. The lowest BCUT2D eigenvalue weighted by Crippen LogP contribution is -2.33. The molecule has 0 saturated carbocycles. The van der Waals surface area contributed by atoms with Gasteiger partial charge in [0.05, 0.1) is 0 Å². The van der Waals surface area contributed by atoms with E-state index in [0.717, 1.165) is 28.7 Å². The fraction of sp³-hybridized carbons (Fsp3) is 0.480. The number of phenolic OH excluding ortho intramolecular Hbond substituents is 1. The van der Waals surface area contributed by atoms with Crippen LogP contribution in [0.25, 0.3) is 0 Å². The number of ether oxygens (including phenoxy) is 2. The number of benzene rings is 2. The highest BCUT2D eigenvalue weighted by Crippen LogP contribution is 2.29. The highest BCUT2D eigenvalue weighted by atomic mass is 16.6. The van der Waals surface area contributed by atoms with Crippen LogP contribution in [0.4, 0.5) is 0 Å². The largest absolute Gasteiger partial charge is 0.508 e. The molecule has 0 radical (unpaired) electrons. The van der Waals surface area contributed by atoms with E-state index in [0.29, 0.717) is 18.0 Å². The summed E-state index contributed by atoms with van der Waals surface area (Å²) >= 11 is 0. The summed E-state index contributed by atoms with van der Waals surface area (Å²) in [4.78, 5) is 12.1. The lowest BCUT2D eigenvalue weighted by Gasteiger charge is -2.20. The highest BCUT2D eigenvalue weighted by Gasteiger charge is 2.17. The van der Waals surface area contributed by atoms with Crippen molar-refractivity contribution < 1.29 is 19.4 Å². The van der Waals surface area contributed by atoms with Gasteiger partial charge in [0.1, 0.15) is 17.6 Å². The molecule has 0 heterocycles. The molecule has 5 heteroatoms. The van der Waals surface area contributed by atoms with Crippen molar-refractivity contribution in [3.8, 4) is 11.5 Å². The first-order valence-electron chi connectivity index (χ1n) is 10.6. The first-order chi connectivity index (χ1) is 14.1. The second-order valence-corrected chi connectivity index (χ2v) is 8.56. The maximum Gasteiger partial charge on any atom is 0.344 e. The molecule has 0 aromatic heterocycles. The Labute approximate surface area is 180 Å². The third kappa shape index (κ3) is 6.23. The van der Waals surface area contributed by atoms with Gasteiger partial charge < -0.3 is 20.3 Å². The van der Waals surface area contributed by atoms with E-state index >= 15 is 0 Å². The minimum Gasteiger partial charge on any atom is -0.508 e. The van der Waals surface area contributed by atoms with Crippen molar-refractivity contribution in [3.63, 3.8) is 0 Å². The van der Waals surface area contributed by atoms with Crippen LogP contribution in [0.15, 0.2) is 30.3 Å². The average Bonchev–Trinajstić information content (AvgIpc) is 2.68. The third-order valence-electron chi connectivity index (χ3n) is 5.38. The lowest BCUT2D eigenvalue weighted by molar-refractivity contribution is -0.153. The van der Waals surface area contributed by atoms with E-state index in [1.54, 1.807) is 6.07 Å². The van der Waals surface area contributed by atoms with Crippen LogP contribution in [0.1, 0.15) is 61.4 Å². The van der Waals surface area contributed by atoms with E-state index in [2.05, 4.69) is 19.9 Å². The Kier molecular flexibility index (Phi) is 8.30. The van der Waals surface area contributed by atoms with Crippen molar-refractivity contribution in [1.82, 2.24) is 0 Å². The zero-order chi connectivity index (χ0) is 22.4. The number of carbonyl (C=O) groups excluding carboxylic acids is 1. The molecule has 0 amide bonds. The molecular formula is C25H35NO4. The molecule has 30 heavy (non-hydrogen) atoms. The van der Waals surface area contributed by atoms with Crippen LogP contribution in [-0.2, 0) is 16.0 Å². The Morgan fingerprint density at radius 1 is 1.07 bits per heavy atom. The van der Waals surface area contributed by atoms with Gasteiger partial charge in [-0.3, -0.25) is 0 Å². The van der Waals surface area contributed by atoms with Crippen LogP contribution in [0.3, 0.4) is 0 Å². The van der Waals surface area contributed by atoms with Crippen molar-refractivity contribution in [2.24, 2.45) is 11.7 Å². The zero-order valence-corrected chi connectivity index (χ0v) is 19.0. The number of hydrogen-bond acceptors (Lipinski definition) is 5. The van der Waals surface area contributed by atoms with Crippen molar-refractivity contribution in [2.75, 3.05) is 13.2 Å². The van der Waals surface area contributed by atoms with Crippen LogP contribution >= 0.6 is 0 Å². The lowest BCUT2D eigenvalue weighted by atomic mass is 9.93. The van der Waals surface area contributed by atoms with Gasteiger partial charge in [-0.15, -0.1) is 0 Å². The van der Waals surface area contributed by atoms with Gasteiger partial charge in [-0.25, -0.2) is 4.79 Å². The van der Waals surface area contributed by atoms with Gasteiger partial charge in [0.25, 0.3) is 0 Å². The van der Waals surface area contributed by atoms with Crippen molar-refractivity contribution in [1.29, 1.82) is 0 Å². The van der Waals surface area contributed by atoms with E-state index in [1.807, 2.05) is 45.9 Å². The molecular weight excluding hydrogens is 378 g/mol. The van der Waals surface area contributed by atoms with Crippen LogP contribution in [0.5, 0.6) is 11.5 Å². The Morgan fingerprint density at radius 3 is 2.23 bits per heavy atom. The summed E-state index contributed by atoms with van der Waals surface area (Å²) < 4.78 is 11.1. The van der Waals surface area contributed by atoms with Crippen molar-refractivity contribution in [3.05, 3.63) is 58.1 Å². The van der Waals surface area contributed by atoms with E-state index < -0.39 is 5.97 Å².